The van der Waals surface area contributed by atoms with E-state index in [0.29, 0.717) is 5.92 Å². The molecule has 0 amide bonds. The molecule has 0 bridgehead atoms. The molecule has 7 heteroatoms. The van der Waals surface area contributed by atoms with E-state index in [0.717, 1.165) is 45.9 Å². The Morgan fingerprint density at radius 2 is 1.47 bits per heavy atom. The van der Waals surface area contributed by atoms with Crippen LogP contribution in [0.3, 0.4) is 0 Å². The number of hydrazone groups is 1. The van der Waals surface area contributed by atoms with Gasteiger partial charge in [0.25, 0.3) is 0 Å². The molecule has 1 aliphatic carbocycles. The third-order valence-electron chi connectivity index (χ3n) is 8.87. The van der Waals surface area contributed by atoms with Crippen LogP contribution in [0.2, 0.25) is 0 Å². The van der Waals surface area contributed by atoms with E-state index in [2.05, 4.69) is 136 Å². The first-order valence-corrected chi connectivity index (χ1v) is 15.9. The summed E-state index contributed by atoms with van der Waals surface area (Å²) in [5.41, 5.74) is 12.4. The van der Waals surface area contributed by atoms with Crippen LogP contribution in [0.4, 0.5) is 11.4 Å². The molecule has 0 N–H and O–H groups in total. The summed E-state index contributed by atoms with van der Waals surface area (Å²) in [6.45, 7) is 12.7. The Hall–Kier alpha value is -4.41. The van der Waals surface area contributed by atoms with Gasteiger partial charge in [-0.05, 0) is 64.4 Å². The van der Waals surface area contributed by atoms with Crippen LogP contribution in [0.15, 0.2) is 114 Å². The van der Waals surface area contributed by atoms with Gasteiger partial charge in [0.2, 0.25) is 0 Å². The Labute approximate surface area is 293 Å². The fourth-order valence-electron chi connectivity index (χ4n) is 6.81. The van der Waals surface area contributed by atoms with Crippen molar-refractivity contribution in [3.63, 3.8) is 0 Å². The van der Waals surface area contributed by atoms with Crippen LogP contribution in [-0.4, -0.2) is 22.3 Å². The minimum atomic E-state index is -0.0825. The fraction of sp³-hybridized carbons (Fsp3) is 0.175. The van der Waals surface area contributed by atoms with Gasteiger partial charge in [-0.2, -0.15) is 57.5 Å². The molecule has 1 aliphatic heterocycles. The van der Waals surface area contributed by atoms with Crippen molar-refractivity contribution >= 4 is 40.3 Å². The van der Waals surface area contributed by atoms with Gasteiger partial charge in [0.05, 0.1) is 11.5 Å². The third-order valence-corrected chi connectivity index (χ3v) is 8.87. The average Bonchev–Trinajstić information content (AvgIpc) is 3.66. The van der Waals surface area contributed by atoms with Gasteiger partial charge in [-0.15, -0.1) is 18.8 Å². The number of benzene rings is 4. The minimum absolute atomic E-state index is 0. The predicted molar refractivity (Wildman–Crippen MR) is 192 cm³/mol. The normalized spacial score (nSPS) is 15.5. The zero-order chi connectivity index (χ0) is 31.8. The van der Waals surface area contributed by atoms with Gasteiger partial charge in [-0.1, -0.05) is 82.5 Å². The van der Waals surface area contributed by atoms with E-state index >= 15 is 0 Å². The Bertz CT molecular complexity index is 1970. The molecule has 2 heterocycles. The molecule has 2 aliphatic rings. The number of para-hydroxylation sites is 1. The summed E-state index contributed by atoms with van der Waals surface area (Å²) in [6, 6.07) is 35.2. The number of nitrogens with zero attached hydrogens (tertiary/aromatic N) is 5. The van der Waals surface area contributed by atoms with Gasteiger partial charge in [-0.25, -0.2) is 0 Å². The zero-order valence-corrected chi connectivity index (χ0v) is 29.7. The molecule has 0 spiro atoms. The zero-order valence-electron chi connectivity index (χ0n) is 27.4. The summed E-state index contributed by atoms with van der Waals surface area (Å²) < 4.78 is 1.99. The standard InChI is InChI=1S/C40H37BN5.Pt/c1-28-22-29(2)39(30(3)23-28)41(34-16-12-20-37(24-34)45-26-31(4)40(43-45)33-14-8-6-9-15-33)35-17-13-21-38(25-35)46-27-44(32(5)42-46)36-18-10-7-11-19-36;/h6-14,16-23,26-27,33H,15H2,1-5H3;/q-3;/t33-;/m1./s1. The average molecular weight is 794 g/mol. The van der Waals surface area contributed by atoms with E-state index in [-0.39, 0.29) is 27.8 Å². The summed E-state index contributed by atoms with van der Waals surface area (Å²) in [5, 5.41) is 11.9. The van der Waals surface area contributed by atoms with Crippen molar-refractivity contribution in [1.29, 1.82) is 0 Å². The maximum absolute atomic E-state index is 5.06. The van der Waals surface area contributed by atoms with Crippen LogP contribution < -0.4 is 26.3 Å². The van der Waals surface area contributed by atoms with Gasteiger partial charge in [0.15, 0.2) is 6.71 Å². The molecule has 7 rings (SSSR count). The maximum atomic E-state index is 5.06. The van der Waals surface area contributed by atoms with Crippen LogP contribution in [-0.2, 0) is 21.1 Å². The Morgan fingerprint density at radius 1 is 0.787 bits per heavy atom. The smallest absolute Gasteiger partial charge is 0.192 e. The number of hydrogen-bond donors (Lipinski definition) is 0. The summed E-state index contributed by atoms with van der Waals surface area (Å²) in [7, 11) is 0. The van der Waals surface area contributed by atoms with E-state index in [1.807, 2.05) is 41.5 Å². The van der Waals surface area contributed by atoms with Crippen LogP contribution in [0.5, 0.6) is 0 Å². The number of aryl methyl sites for hydroxylation is 4. The summed E-state index contributed by atoms with van der Waals surface area (Å²) in [4.78, 5) is 2.10. The van der Waals surface area contributed by atoms with Gasteiger partial charge < -0.3 is 9.91 Å². The number of amidine groups is 1. The molecule has 5 aromatic rings. The number of aromatic nitrogens is 2. The van der Waals surface area contributed by atoms with Crippen molar-refractivity contribution in [3.8, 4) is 5.69 Å². The largest absolute Gasteiger partial charge is 0.460 e. The van der Waals surface area contributed by atoms with Crippen molar-refractivity contribution in [2.45, 2.75) is 47.0 Å². The number of rotatable bonds is 7. The van der Waals surface area contributed by atoms with Crippen LogP contribution >= 0.6 is 0 Å². The first kappa shape index (κ1) is 32.5. The van der Waals surface area contributed by atoms with E-state index < -0.39 is 0 Å². The van der Waals surface area contributed by atoms with E-state index in [9.17, 15) is 0 Å². The molecule has 238 valence electrons. The second kappa shape index (κ2) is 13.8. The third kappa shape index (κ3) is 6.57. The Kier molecular flexibility index (Phi) is 9.52. The molecule has 1 atom stereocenters. The first-order chi connectivity index (χ1) is 22.4. The maximum Gasteiger partial charge on any atom is 0.192 e. The number of hydrogen-bond acceptors (Lipinski definition) is 4. The van der Waals surface area contributed by atoms with E-state index in [1.165, 1.54) is 27.7 Å². The molecular weight excluding hydrogens is 756 g/mol. The van der Waals surface area contributed by atoms with Crippen molar-refractivity contribution < 1.29 is 21.1 Å². The molecule has 0 unspecified atom stereocenters. The number of allylic oxidation sites excluding steroid dienone is 4. The molecule has 5 nitrogen and oxygen atoms in total. The van der Waals surface area contributed by atoms with Crippen LogP contribution in [0.25, 0.3) is 5.69 Å². The second-order valence-electron chi connectivity index (χ2n) is 12.3. The van der Waals surface area contributed by atoms with E-state index in [1.54, 1.807) is 0 Å². The molecular formula is C40H37BN5Pt-3. The van der Waals surface area contributed by atoms with Gasteiger partial charge >= 0.3 is 0 Å². The summed E-state index contributed by atoms with van der Waals surface area (Å²) in [5.74, 6) is 1.20. The Balaban J connectivity index is 0.00000386. The monoisotopic (exact) mass is 793 g/mol. The van der Waals surface area contributed by atoms with Gasteiger partial charge in [0.1, 0.15) is 0 Å². The topological polar surface area (TPSA) is 36.7 Å². The molecule has 0 saturated carbocycles. The van der Waals surface area contributed by atoms with Crippen molar-refractivity contribution in [1.82, 2.24) is 9.78 Å². The minimum Gasteiger partial charge on any atom is -0.460 e. The predicted octanol–water partition coefficient (Wildman–Crippen LogP) is 6.60. The number of anilines is 2. The van der Waals surface area contributed by atoms with Crippen molar-refractivity contribution in [2.75, 3.05) is 9.91 Å². The van der Waals surface area contributed by atoms with Crippen LogP contribution in [0, 0.1) is 46.5 Å². The molecule has 47 heavy (non-hydrogen) atoms. The van der Waals surface area contributed by atoms with Crippen molar-refractivity contribution in [3.05, 3.63) is 156 Å². The van der Waals surface area contributed by atoms with Gasteiger partial charge in [0, 0.05) is 38.9 Å². The van der Waals surface area contributed by atoms with Gasteiger partial charge in [-0.3, -0.25) is 4.68 Å². The van der Waals surface area contributed by atoms with E-state index in [4.69, 9.17) is 10.2 Å². The van der Waals surface area contributed by atoms with Crippen LogP contribution in [0.1, 0.15) is 47.2 Å². The fourth-order valence-corrected chi connectivity index (χ4v) is 6.81. The summed E-state index contributed by atoms with van der Waals surface area (Å²) in [6.07, 6.45) is 11.8. The SMILES string of the molecule is CC1=NN(c2[c-]c(B(c3[c-]c(-n4cc(C)c([C@@H]5C=CC=CC5)n4)ccc3)c3c(C)cc(C)cc3C)ccc2)[CH-]N1c1ccccc1.[Pt]. The summed E-state index contributed by atoms with van der Waals surface area (Å²) >= 11 is 0. The second-order valence-corrected chi connectivity index (χ2v) is 12.3. The molecule has 4 aromatic carbocycles. The first-order valence-electron chi connectivity index (χ1n) is 15.9. The Morgan fingerprint density at radius 3 is 2.15 bits per heavy atom. The molecule has 0 radical (unpaired) electrons. The molecule has 1 aromatic heterocycles. The quantitative estimate of drug-likeness (QED) is 0.138. The molecule has 0 saturated heterocycles. The van der Waals surface area contributed by atoms with Crippen molar-refractivity contribution in [2.24, 2.45) is 5.10 Å². The molecule has 0 fully saturated rings.